The van der Waals surface area contributed by atoms with E-state index in [2.05, 4.69) is 20.7 Å². The summed E-state index contributed by atoms with van der Waals surface area (Å²) in [6, 6.07) is 17.0. The van der Waals surface area contributed by atoms with Crippen LogP contribution in [0.3, 0.4) is 0 Å². The SMILES string of the molecule is Cc1onc(-c2ccccc2)c1NC(=O)N1CCC[C@@H]1c1nncn1Cc1ccc(Cl)cc1. The lowest BCUT2D eigenvalue weighted by molar-refractivity contribution is 0.204. The zero-order valence-corrected chi connectivity index (χ0v) is 18.9. The number of hydrogen-bond donors (Lipinski definition) is 1. The van der Waals surface area contributed by atoms with Crippen molar-refractivity contribution in [1.29, 1.82) is 0 Å². The average molecular weight is 463 g/mol. The number of likely N-dealkylation sites (tertiary alicyclic amines) is 1. The molecule has 1 N–H and O–H groups in total. The number of halogens is 1. The summed E-state index contributed by atoms with van der Waals surface area (Å²) in [4.78, 5) is 15.1. The largest absolute Gasteiger partial charge is 0.359 e. The van der Waals surface area contributed by atoms with Crippen molar-refractivity contribution in [3.05, 3.63) is 83.1 Å². The van der Waals surface area contributed by atoms with Crippen LogP contribution in [0, 0.1) is 6.92 Å². The van der Waals surface area contributed by atoms with Gasteiger partial charge < -0.3 is 19.3 Å². The van der Waals surface area contributed by atoms with Crippen molar-refractivity contribution < 1.29 is 9.32 Å². The first kappa shape index (κ1) is 21.2. The molecule has 2 aromatic heterocycles. The predicted octanol–water partition coefficient (Wildman–Crippen LogP) is 5.31. The molecule has 8 nitrogen and oxygen atoms in total. The number of nitrogens with zero attached hydrogens (tertiary/aromatic N) is 5. The van der Waals surface area contributed by atoms with Crippen molar-refractivity contribution in [3.8, 4) is 11.3 Å². The zero-order valence-electron chi connectivity index (χ0n) is 18.1. The van der Waals surface area contributed by atoms with E-state index < -0.39 is 0 Å². The van der Waals surface area contributed by atoms with Crippen LogP contribution in [0.2, 0.25) is 5.02 Å². The van der Waals surface area contributed by atoms with Gasteiger partial charge in [0.2, 0.25) is 0 Å². The topological polar surface area (TPSA) is 89.1 Å². The van der Waals surface area contributed by atoms with Gasteiger partial charge in [-0.3, -0.25) is 0 Å². The highest BCUT2D eigenvalue weighted by Gasteiger charge is 2.34. The Hall–Kier alpha value is -3.65. The maximum atomic E-state index is 13.3. The molecule has 0 bridgehead atoms. The minimum Gasteiger partial charge on any atom is -0.359 e. The summed E-state index contributed by atoms with van der Waals surface area (Å²) in [5, 5.41) is 16.4. The molecular formula is C24H23ClN6O2. The third-order valence-corrected chi connectivity index (χ3v) is 6.12. The van der Waals surface area contributed by atoms with Crippen LogP contribution in [0.5, 0.6) is 0 Å². The first-order valence-corrected chi connectivity index (χ1v) is 11.2. The van der Waals surface area contributed by atoms with E-state index in [0.29, 0.717) is 35.3 Å². The fourth-order valence-electron chi connectivity index (χ4n) is 4.20. The number of carbonyl (C=O) groups is 1. The molecule has 33 heavy (non-hydrogen) atoms. The molecule has 1 fully saturated rings. The molecule has 2 aromatic carbocycles. The van der Waals surface area contributed by atoms with Crippen LogP contribution in [-0.4, -0.2) is 37.4 Å². The van der Waals surface area contributed by atoms with E-state index in [1.807, 2.05) is 64.1 Å². The fraction of sp³-hybridized carbons (Fsp3) is 0.250. The Balaban J connectivity index is 1.36. The smallest absolute Gasteiger partial charge is 0.322 e. The van der Waals surface area contributed by atoms with E-state index in [-0.39, 0.29) is 12.1 Å². The number of benzene rings is 2. The second-order valence-corrected chi connectivity index (χ2v) is 8.49. The Kier molecular flexibility index (Phi) is 5.83. The maximum Gasteiger partial charge on any atom is 0.322 e. The Morgan fingerprint density at radius 2 is 1.97 bits per heavy atom. The molecule has 3 heterocycles. The molecule has 0 saturated carbocycles. The molecule has 9 heteroatoms. The van der Waals surface area contributed by atoms with E-state index in [9.17, 15) is 4.79 Å². The van der Waals surface area contributed by atoms with Crippen LogP contribution in [0.1, 0.15) is 36.0 Å². The van der Waals surface area contributed by atoms with Crippen molar-refractivity contribution in [3.63, 3.8) is 0 Å². The van der Waals surface area contributed by atoms with E-state index in [1.165, 1.54) is 0 Å². The third kappa shape index (κ3) is 4.34. The fourth-order valence-corrected chi connectivity index (χ4v) is 4.33. The Labute approximate surface area is 196 Å². The maximum absolute atomic E-state index is 13.3. The molecular weight excluding hydrogens is 440 g/mol. The average Bonchev–Trinajstić information content (AvgIpc) is 3.56. The highest BCUT2D eigenvalue weighted by molar-refractivity contribution is 6.30. The van der Waals surface area contributed by atoms with Crippen molar-refractivity contribution in [1.82, 2.24) is 24.8 Å². The number of urea groups is 1. The zero-order chi connectivity index (χ0) is 22.8. The number of nitrogens with one attached hydrogen (secondary N) is 1. The molecule has 1 atom stereocenters. The van der Waals surface area contributed by atoms with Gasteiger partial charge in [-0.25, -0.2) is 4.79 Å². The van der Waals surface area contributed by atoms with Crippen molar-refractivity contribution in [2.24, 2.45) is 0 Å². The molecule has 168 valence electrons. The van der Waals surface area contributed by atoms with E-state index in [0.717, 1.165) is 29.8 Å². The lowest BCUT2D eigenvalue weighted by atomic mass is 10.1. The van der Waals surface area contributed by atoms with Crippen molar-refractivity contribution in [2.45, 2.75) is 32.4 Å². The van der Waals surface area contributed by atoms with E-state index >= 15 is 0 Å². The Bertz CT molecular complexity index is 1250. The van der Waals surface area contributed by atoms with Gasteiger partial charge in [0, 0.05) is 17.1 Å². The number of aryl methyl sites for hydroxylation is 1. The van der Waals surface area contributed by atoms with Crippen molar-refractivity contribution >= 4 is 23.3 Å². The minimum atomic E-state index is -0.206. The standard InChI is InChI=1S/C24H23ClN6O2/c1-16-21(22(29-33-16)18-6-3-2-4-7-18)27-24(32)31-13-5-8-20(31)23-28-26-15-30(23)14-17-9-11-19(25)12-10-17/h2-4,6-7,9-12,15,20H,5,8,13-14H2,1H3,(H,27,32)/t20-/m1/s1. The lowest BCUT2D eigenvalue weighted by Crippen LogP contribution is -2.35. The molecule has 4 aromatic rings. The van der Waals surface area contributed by atoms with Gasteiger partial charge in [-0.05, 0) is 37.5 Å². The molecule has 1 aliphatic rings. The summed E-state index contributed by atoms with van der Waals surface area (Å²) < 4.78 is 7.37. The number of carbonyl (C=O) groups excluding carboxylic acids is 1. The van der Waals surface area contributed by atoms with Crippen LogP contribution in [0.15, 0.2) is 65.4 Å². The predicted molar refractivity (Wildman–Crippen MR) is 125 cm³/mol. The summed E-state index contributed by atoms with van der Waals surface area (Å²) in [6.45, 7) is 3.03. The van der Waals surface area contributed by atoms with Crippen LogP contribution in [-0.2, 0) is 6.54 Å². The minimum absolute atomic E-state index is 0.167. The van der Waals surface area contributed by atoms with Crippen LogP contribution in [0.4, 0.5) is 10.5 Å². The van der Waals surface area contributed by atoms with Gasteiger partial charge >= 0.3 is 6.03 Å². The molecule has 0 unspecified atom stereocenters. The van der Waals surface area contributed by atoms with Gasteiger partial charge in [-0.1, -0.05) is 59.2 Å². The molecule has 0 aliphatic carbocycles. The molecule has 0 radical (unpaired) electrons. The van der Waals surface area contributed by atoms with Gasteiger partial charge in [-0.2, -0.15) is 0 Å². The number of aromatic nitrogens is 4. The first-order chi connectivity index (χ1) is 16.1. The van der Waals surface area contributed by atoms with E-state index in [1.54, 1.807) is 13.3 Å². The highest BCUT2D eigenvalue weighted by atomic mass is 35.5. The highest BCUT2D eigenvalue weighted by Crippen LogP contribution is 2.34. The van der Waals surface area contributed by atoms with Gasteiger partial charge in [0.25, 0.3) is 0 Å². The Morgan fingerprint density at radius 1 is 1.18 bits per heavy atom. The summed E-state index contributed by atoms with van der Waals surface area (Å²) in [6.07, 6.45) is 3.41. The number of rotatable bonds is 5. The van der Waals surface area contributed by atoms with Crippen LogP contribution < -0.4 is 5.32 Å². The molecule has 5 rings (SSSR count). The number of hydrogen-bond acceptors (Lipinski definition) is 5. The second kappa shape index (κ2) is 9.07. The molecule has 1 aliphatic heterocycles. The summed E-state index contributed by atoms with van der Waals surface area (Å²) >= 11 is 6.01. The van der Waals surface area contributed by atoms with Crippen molar-refractivity contribution in [2.75, 3.05) is 11.9 Å². The van der Waals surface area contributed by atoms with Crippen LogP contribution >= 0.6 is 11.6 Å². The summed E-state index contributed by atoms with van der Waals surface area (Å²) in [7, 11) is 0. The summed E-state index contributed by atoms with van der Waals surface area (Å²) in [5.41, 5.74) is 3.16. The monoisotopic (exact) mass is 462 g/mol. The quantitative estimate of drug-likeness (QED) is 0.434. The molecule has 0 spiro atoms. The molecule has 1 saturated heterocycles. The van der Waals surface area contributed by atoms with Gasteiger partial charge in [0.1, 0.15) is 17.7 Å². The van der Waals surface area contributed by atoms with Gasteiger partial charge in [0.15, 0.2) is 11.6 Å². The number of amides is 2. The number of anilines is 1. The third-order valence-electron chi connectivity index (χ3n) is 5.87. The lowest BCUT2D eigenvalue weighted by Gasteiger charge is -2.24. The normalized spacial score (nSPS) is 15.7. The molecule has 2 amide bonds. The van der Waals surface area contributed by atoms with Gasteiger partial charge in [0.05, 0.1) is 12.6 Å². The summed E-state index contributed by atoms with van der Waals surface area (Å²) in [5.74, 6) is 1.33. The van der Waals surface area contributed by atoms with Gasteiger partial charge in [-0.15, -0.1) is 10.2 Å². The van der Waals surface area contributed by atoms with E-state index in [4.69, 9.17) is 16.1 Å². The Morgan fingerprint density at radius 3 is 2.76 bits per heavy atom. The second-order valence-electron chi connectivity index (χ2n) is 8.05. The van der Waals surface area contributed by atoms with Crippen LogP contribution in [0.25, 0.3) is 11.3 Å². The first-order valence-electron chi connectivity index (χ1n) is 10.8.